The zero-order valence-corrected chi connectivity index (χ0v) is 20.6. The average Bonchev–Trinajstić information content (AvgIpc) is 3.62. The SMILES string of the molecule is [B]c1ccc(Nc2cc(=O)n(C)c3c2c(=O)n(C2CC2)c(=O)n3-c2cccc(N3CCCC3=O)c2)c(F)c1. The highest BCUT2D eigenvalue weighted by Gasteiger charge is 2.31. The summed E-state index contributed by atoms with van der Waals surface area (Å²) in [6.45, 7) is 0.569. The van der Waals surface area contributed by atoms with Gasteiger partial charge in [-0.2, -0.15) is 0 Å². The third-order valence-electron chi connectivity index (χ3n) is 7.10. The monoisotopic (exact) mass is 511 g/mol. The Bertz CT molecular complexity index is 1820. The quantitative estimate of drug-likeness (QED) is 0.414. The van der Waals surface area contributed by atoms with Crippen LogP contribution in [0, 0.1) is 5.82 Å². The Hall–Kier alpha value is -4.41. The molecule has 6 rings (SSSR count). The van der Waals surface area contributed by atoms with E-state index >= 15 is 0 Å². The summed E-state index contributed by atoms with van der Waals surface area (Å²) in [7, 11) is 7.14. The van der Waals surface area contributed by atoms with Gasteiger partial charge < -0.3 is 10.2 Å². The Morgan fingerprint density at radius 1 is 0.974 bits per heavy atom. The minimum atomic E-state index is -0.655. The van der Waals surface area contributed by atoms with Crippen LogP contribution < -0.4 is 32.5 Å². The van der Waals surface area contributed by atoms with Gasteiger partial charge in [-0.25, -0.2) is 13.8 Å². The van der Waals surface area contributed by atoms with Crippen LogP contribution in [0.4, 0.5) is 21.5 Å². The van der Waals surface area contributed by atoms with Crippen LogP contribution in [0.25, 0.3) is 16.7 Å². The van der Waals surface area contributed by atoms with E-state index in [1.54, 1.807) is 29.2 Å². The lowest BCUT2D eigenvalue weighted by Crippen LogP contribution is -2.41. The molecule has 2 aromatic carbocycles. The molecule has 0 spiro atoms. The number of aryl methyl sites for hydroxylation is 1. The van der Waals surface area contributed by atoms with E-state index in [1.165, 1.54) is 38.9 Å². The lowest BCUT2D eigenvalue weighted by atomic mass is 9.96. The van der Waals surface area contributed by atoms with Gasteiger partial charge in [-0.3, -0.25) is 23.5 Å². The number of rotatable bonds is 5. The maximum atomic E-state index is 14.7. The molecule has 1 saturated carbocycles. The van der Waals surface area contributed by atoms with Gasteiger partial charge in [0.1, 0.15) is 24.7 Å². The number of halogens is 1. The molecule has 11 heteroatoms. The highest BCUT2D eigenvalue weighted by molar-refractivity contribution is 6.32. The second kappa shape index (κ2) is 8.86. The first-order chi connectivity index (χ1) is 18.2. The molecule has 0 atom stereocenters. The molecule has 2 aliphatic rings. The van der Waals surface area contributed by atoms with Crippen molar-refractivity contribution in [2.75, 3.05) is 16.8 Å². The molecule has 4 aromatic rings. The van der Waals surface area contributed by atoms with Crippen molar-refractivity contribution in [3.8, 4) is 5.69 Å². The molecule has 1 N–H and O–H groups in total. The summed E-state index contributed by atoms with van der Waals surface area (Å²) in [6.07, 6.45) is 2.53. The smallest absolute Gasteiger partial charge is 0.337 e. The Kier molecular flexibility index (Phi) is 5.59. The van der Waals surface area contributed by atoms with Crippen LogP contribution in [0.1, 0.15) is 31.7 Å². The summed E-state index contributed by atoms with van der Waals surface area (Å²) in [5.74, 6) is -0.663. The molecule has 1 aliphatic heterocycles. The Labute approximate surface area is 217 Å². The van der Waals surface area contributed by atoms with Crippen LogP contribution >= 0.6 is 0 Å². The molecule has 1 saturated heterocycles. The first-order valence-corrected chi connectivity index (χ1v) is 12.4. The lowest BCUT2D eigenvalue weighted by molar-refractivity contribution is -0.117. The van der Waals surface area contributed by atoms with Crippen LogP contribution in [0.5, 0.6) is 0 Å². The Balaban J connectivity index is 1.66. The standard InChI is InChI=1S/C27H23BFN5O4/c1-31-23(36)14-21(30-20-10-7-15(28)12-19(20)29)24-25(31)33(27(38)34(26(24)37)16-8-9-16)18-5-2-4-17(13-18)32-11-3-6-22(32)35/h2,4-5,7,10,12-14,16,30H,3,6,8-9,11H2,1H3. The first-order valence-electron chi connectivity index (χ1n) is 12.4. The van der Waals surface area contributed by atoms with Gasteiger partial charge in [-0.1, -0.05) is 17.6 Å². The molecule has 0 bridgehead atoms. The van der Waals surface area contributed by atoms with E-state index in [4.69, 9.17) is 7.85 Å². The molecule has 3 heterocycles. The molecule has 38 heavy (non-hydrogen) atoms. The molecular formula is C27H23BFN5O4. The summed E-state index contributed by atoms with van der Waals surface area (Å²) in [5, 5.41) is 2.94. The highest BCUT2D eigenvalue weighted by Crippen LogP contribution is 2.34. The largest absolute Gasteiger partial charge is 0.352 e. The van der Waals surface area contributed by atoms with Gasteiger partial charge in [0, 0.05) is 37.8 Å². The number of benzene rings is 2. The van der Waals surface area contributed by atoms with Crippen LogP contribution in [0.2, 0.25) is 0 Å². The summed E-state index contributed by atoms with van der Waals surface area (Å²) in [4.78, 5) is 54.7. The average molecular weight is 511 g/mol. The van der Waals surface area contributed by atoms with Gasteiger partial charge in [-0.15, -0.1) is 0 Å². The number of carbonyl (C=O) groups is 1. The fourth-order valence-electron chi connectivity index (χ4n) is 5.05. The molecule has 190 valence electrons. The summed E-state index contributed by atoms with van der Waals surface area (Å²) in [5.41, 5.74) is -0.238. The fourth-order valence-corrected chi connectivity index (χ4v) is 5.05. The van der Waals surface area contributed by atoms with Gasteiger partial charge in [-0.05, 0) is 49.6 Å². The summed E-state index contributed by atoms with van der Waals surface area (Å²) < 4.78 is 18.4. The molecule has 0 unspecified atom stereocenters. The Morgan fingerprint density at radius 3 is 2.42 bits per heavy atom. The van der Waals surface area contributed by atoms with Crippen LogP contribution in [0.15, 0.2) is 62.9 Å². The summed E-state index contributed by atoms with van der Waals surface area (Å²) in [6, 6.07) is 11.9. The van der Waals surface area contributed by atoms with Gasteiger partial charge in [0.15, 0.2) is 0 Å². The van der Waals surface area contributed by atoms with Gasteiger partial charge in [0.25, 0.3) is 11.1 Å². The van der Waals surface area contributed by atoms with E-state index in [-0.39, 0.29) is 39.8 Å². The third-order valence-corrected chi connectivity index (χ3v) is 7.10. The van der Waals surface area contributed by atoms with Crippen molar-refractivity contribution in [3.63, 3.8) is 0 Å². The van der Waals surface area contributed by atoms with Crippen LogP contribution in [-0.2, 0) is 11.8 Å². The normalized spacial score (nSPS) is 15.4. The maximum absolute atomic E-state index is 14.7. The second-order valence-corrected chi connectivity index (χ2v) is 9.71. The highest BCUT2D eigenvalue weighted by atomic mass is 19.1. The van der Waals surface area contributed by atoms with Gasteiger partial charge in [0.05, 0.1) is 17.1 Å². The van der Waals surface area contributed by atoms with E-state index in [0.29, 0.717) is 37.2 Å². The van der Waals surface area contributed by atoms with Crippen LogP contribution in [-0.4, -0.2) is 34.0 Å². The number of nitrogens with one attached hydrogen (secondary N) is 1. The zero-order valence-electron chi connectivity index (χ0n) is 20.6. The van der Waals surface area contributed by atoms with E-state index in [1.807, 2.05) is 0 Å². The van der Waals surface area contributed by atoms with Crippen molar-refractivity contribution in [1.82, 2.24) is 13.7 Å². The molecule has 9 nitrogen and oxygen atoms in total. The van der Waals surface area contributed by atoms with Crippen molar-refractivity contribution in [2.45, 2.75) is 31.7 Å². The van der Waals surface area contributed by atoms with Crippen molar-refractivity contribution in [3.05, 3.63) is 85.5 Å². The van der Waals surface area contributed by atoms with E-state index in [0.717, 1.165) is 12.5 Å². The van der Waals surface area contributed by atoms with Crippen molar-refractivity contribution < 1.29 is 9.18 Å². The predicted molar refractivity (Wildman–Crippen MR) is 144 cm³/mol. The van der Waals surface area contributed by atoms with E-state index < -0.39 is 22.6 Å². The number of nitrogens with zero attached hydrogens (tertiary/aromatic N) is 4. The molecule has 2 aromatic heterocycles. The molecule has 1 aliphatic carbocycles. The second-order valence-electron chi connectivity index (χ2n) is 9.71. The van der Waals surface area contributed by atoms with Crippen LogP contribution in [0.3, 0.4) is 0 Å². The Morgan fingerprint density at radius 2 is 1.74 bits per heavy atom. The number of aromatic nitrogens is 3. The van der Waals surface area contributed by atoms with E-state index in [9.17, 15) is 23.6 Å². The number of hydrogen-bond acceptors (Lipinski definition) is 5. The van der Waals surface area contributed by atoms with Gasteiger partial charge in [0.2, 0.25) is 5.91 Å². The number of pyridine rings is 1. The van der Waals surface area contributed by atoms with Gasteiger partial charge >= 0.3 is 5.69 Å². The third kappa shape index (κ3) is 3.85. The van der Waals surface area contributed by atoms with Crippen molar-refractivity contribution in [1.29, 1.82) is 0 Å². The minimum absolute atomic E-state index is 0.00767. The minimum Gasteiger partial charge on any atom is -0.352 e. The zero-order chi connectivity index (χ0) is 26.7. The number of anilines is 3. The predicted octanol–water partition coefficient (Wildman–Crippen LogP) is 1.99. The number of amides is 1. The number of fused-ring (bicyclic) bond motifs is 1. The van der Waals surface area contributed by atoms with E-state index in [2.05, 4.69) is 5.32 Å². The number of hydrogen-bond donors (Lipinski definition) is 1. The molecular weight excluding hydrogens is 488 g/mol. The fraction of sp³-hybridized carbons (Fsp3) is 0.259. The number of carbonyl (C=O) groups excluding carboxylic acids is 1. The molecule has 2 fully saturated rings. The van der Waals surface area contributed by atoms with Crippen molar-refractivity contribution in [2.24, 2.45) is 7.05 Å². The lowest BCUT2D eigenvalue weighted by Gasteiger charge is -2.21. The molecule has 2 radical (unpaired) electrons. The molecule has 1 amide bonds. The van der Waals surface area contributed by atoms with Crippen molar-refractivity contribution >= 4 is 47.3 Å². The topological polar surface area (TPSA) is 98.3 Å². The maximum Gasteiger partial charge on any atom is 0.337 e. The summed E-state index contributed by atoms with van der Waals surface area (Å²) >= 11 is 0. The first kappa shape index (κ1) is 24.0.